The summed E-state index contributed by atoms with van der Waals surface area (Å²) in [6.07, 6.45) is 1.48. The van der Waals surface area contributed by atoms with Gasteiger partial charge in [0, 0.05) is 18.7 Å². The number of benzene rings is 3. The van der Waals surface area contributed by atoms with Gasteiger partial charge in [0.15, 0.2) is 11.5 Å². The zero-order valence-electron chi connectivity index (χ0n) is 24.0. The van der Waals surface area contributed by atoms with Crippen molar-refractivity contribution in [1.29, 1.82) is 0 Å². The van der Waals surface area contributed by atoms with Gasteiger partial charge in [-0.1, -0.05) is 24.3 Å². The summed E-state index contributed by atoms with van der Waals surface area (Å²) < 4.78 is 27.8. The van der Waals surface area contributed by atoms with Gasteiger partial charge in [-0.2, -0.15) is 0 Å². The molecule has 0 spiro atoms. The number of likely N-dealkylation sites (tertiary alicyclic amines) is 1. The number of rotatable bonds is 12. The third kappa shape index (κ3) is 5.78. The second-order valence-corrected chi connectivity index (χ2v) is 10.2. The molecule has 0 saturated carbocycles. The van der Waals surface area contributed by atoms with E-state index >= 15 is 0 Å². The Hall–Kier alpha value is -3.95. The molecule has 9 heteroatoms. The Balaban J connectivity index is 1.40. The Morgan fingerprint density at radius 3 is 2.00 bits per heavy atom. The number of carbonyl (C=O) groups excluding carboxylic acids is 1. The quantitative estimate of drug-likeness (QED) is 0.320. The molecular formula is C32H38N2O7. The van der Waals surface area contributed by atoms with Crippen molar-refractivity contribution in [2.45, 2.75) is 25.0 Å². The number of nitrogens with zero attached hydrogens (tertiary/aromatic N) is 2. The summed E-state index contributed by atoms with van der Waals surface area (Å²) >= 11 is 0. The van der Waals surface area contributed by atoms with Gasteiger partial charge < -0.3 is 33.7 Å². The molecule has 0 radical (unpaired) electrons. The SMILES string of the molecule is COc1ccc([C@H]2[C@H](C(O)c3ccc(OCCN4CCCC4)cc3)C(=O)N2c2cc(OC)c(OC)c(OC)c2)cc1. The van der Waals surface area contributed by atoms with E-state index in [-0.39, 0.29) is 5.91 Å². The van der Waals surface area contributed by atoms with Crippen molar-refractivity contribution < 1.29 is 33.6 Å². The van der Waals surface area contributed by atoms with Gasteiger partial charge in [0.1, 0.15) is 18.1 Å². The van der Waals surface area contributed by atoms with E-state index in [0.717, 1.165) is 30.9 Å². The van der Waals surface area contributed by atoms with Crippen molar-refractivity contribution in [3.63, 3.8) is 0 Å². The molecule has 1 amide bonds. The molecule has 3 atom stereocenters. The minimum Gasteiger partial charge on any atom is -0.497 e. The highest BCUT2D eigenvalue weighted by Crippen LogP contribution is 2.52. The highest BCUT2D eigenvalue weighted by atomic mass is 16.5. The summed E-state index contributed by atoms with van der Waals surface area (Å²) in [5.41, 5.74) is 2.10. The lowest BCUT2D eigenvalue weighted by Crippen LogP contribution is -2.57. The first-order valence-corrected chi connectivity index (χ1v) is 13.9. The number of ether oxygens (including phenoxy) is 5. The van der Waals surface area contributed by atoms with Gasteiger partial charge in [-0.05, 0) is 61.3 Å². The van der Waals surface area contributed by atoms with Crippen LogP contribution >= 0.6 is 0 Å². The predicted molar refractivity (Wildman–Crippen MR) is 155 cm³/mol. The Bertz CT molecular complexity index is 1300. The van der Waals surface area contributed by atoms with Crippen LogP contribution < -0.4 is 28.6 Å². The maximum absolute atomic E-state index is 13.8. The van der Waals surface area contributed by atoms with Crippen LogP contribution in [-0.4, -0.2) is 70.6 Å². The number of aliphatic hydroxyl groups is 1. The van der Waals surface area contributed by atoms with Crippen molar-refractivity contribution >= 4 is 11.6 Å². The third-order valence-corrected chi connectivity index (χ3v) is 7.96. The zero-order valence-corrected chi connectivity index (χ0v) is 24.0. The molecule has 0 aromatic heterocycles. The molecule has 3 aromatic rings. The van der Waals surface area contributed by atoms with Crippen LogP contribution in [0.4, 0.5) is 5.69 Å². The summed E-state index contributed by atoms with van der Waals surface area (Å²) in [4.78, 5) is 17.8. The fourth-order valence-electron chi connectivity index (χ4n) is 5.74. The van der Waals surface area contributed by atoms with Gasteiger partial charge in [-0.15, -0.1) is 0 Å². The van der Waals surface area contributed by atoms with Gasteiger partial charge in [-0.3, -0.25) is 9.69 Å². The molecule has 9 nitrogen and oxygen atoms in total. The van der Waals surface area contributed by atoms with Crippen molar-refractivity contribution in [2.24, 2.45) is 5.92 Å². The molecule has 5 rings (SSSR count). The minimum atomic E-state index is -1.02. The zero-order chi connectivity index (χ0) is 28.9. The number of methoxy groups -OCH3 is 4. The number of amides is 1. The fourth-order valence-corrected chi connectivity index (χ4v) is 5.74. The van der Waals surface area contributed by atoms with E-state index in [9.17, 15) is 9.90 Å². The summed E-state index contributed by atoms with van der Waals surface area (Å²) in [5.74, 6) is 1.84. The molecule has 1 N–H and O–H groups in total. The lowest BCUT2D eigenvalue weighted by molar-refractivity contribution is -0.136. The Kier molecular flexibility index (Phi) is 8.85. The summed E-state index contributed by atoms with van der Waals surface area (Å²) in [5, 5.41) is 11.5. The number of carbonyl (C=O) groups is 1. The Morgan fingerprint density at radius 2 is 1.44 bits per heavy atom. The first-order chi connectivity index (χ1) is 20.0. The normalized spacial score (nSPS) is 19.4. The molecule has 3 aromatic carbocycles. The first kappa shape index (κ1) is 28.6. The topological polar surface area (TPSA) is 89.9 Å². The molecule has 0 aliphatic carbocycles. The molecule has 0 bridgehead atoms. The number of aliphatic hydroxyl groups excluding tert-OH is 1. The van der Waals surface area contributed by atoms with Crippen LogP contribution in [0.5, 0.6) is 28.7 Å². The lowest BCUT2D eigenvalue weighted by Gasteiger charge is -2.49. The predicted octanol–water partition coefficient (Wildman–Crippen LogP) is 4.63. The van der Waals surface area contributed by atoms with Crippen LogP contribution in [0.1, 0.15) is 36.1 Å². The van der Waals surface area contributed by atoms with Gasteiger partial charge in [-0.25, -0.2) is 0 Å². The van der Waals surface area contributed by atoms with E-state index in [1.165, 1.54) is 34.2 Å². The number of anilines is 1. The minimum absolute atomic E-state index is 0.210. The van der Waals surface area contributed by atoms with Crippen LogP contribution in [0.25, 0.3) is 0 Å². The maximum atomic E-state index is 13.8. The fraction of sp³-hybridized carbons (Fsp3) is 0.406. The second kappa shape index (κ2) is 12.7. The van der Waals surface area contributed by atoms with Gasteiger partial charge in [0.2, 0.25) is 11.7 Å². The highest BCUT2D eigenvalue weighted by molar-refractivity contribution is 6.04. The van der Waals surface area contributed by atoms with Gasteiger partial charge >= 0.3 is 0 Å². The molecule has 2 saturated heterocycles. The van der Waals surface area contributed by atoms with E-state index < -0.39 is 18.1 Å². The van der Waals surface area contributed by atoms with E-state index in [0.29, 0.717) is 40.9 Å². The first-order valence-electron chi connectivity index (χ1n) is 13.9. The molecule has 41 heavy (non-hydrogen) atoms. The molecule has 218 valence electrons. The summed E-state index contributed by atoms with van der Waals surface area (Å²) in [6.45, 7) is 3.78. The monoisotopic (exact) mass is 562 g/mol. The summed E-state index contributed by atoms with van der Waals surface area (Å²) in [6, 6.07) is 17.9. The van der Waals surface area contributed by atoms with Crippen molar-refractivity contribution in [2.75, 3.05) is 59.6 Å². The molecule has 2 aliphatic heterocycles. The van der Waals surface area contributed by atoms with Gasteiger partial charge in [0.25, 0.3) is 0 Å². The largest absolute Gasteiger partial charge is 0.497 e. The van der Waals surface area contributed by atoms with Crippen LogP contribution in [-0.2, 0) is 4.79 Å². The average molecular weight is 563 g/mol. The van der Waals surface area contributed by atoms with Crippen LogP contribution in [0, 0.1) is 5.92 Å². The average Bonchev–Trinajstić information content (AvgIpc) is 3.53. The van der Waals surface area contributed by atoms with E-state index in [4.69, 9.17) is 23.7 Å². The molecule has 2 aliphatic rings. The smallest absolute Gasteiger partial charge is 0.236 e. The van der Waals surface area contributed by atoms with E-state index in [1.54, 1.807) is 24.1 Å². The van der Waals surface area contributed by atoms with Crippen molar-refractivity contribution in [1.82, 2.24) is 4.90 Å². The molecule has 2 fully saturated rings. The molecule has 1 unspecified atom stereocenters. The lowest BCUT2D eigenvalue weighted by atomic mass is 9.76. The van der Waals surface area contributed by atoms with Crippen LogP contribution in [0.15, 0.2) is 60.7 Å². The molecular weight excluding hydrogens is 524 g/mol. The number of hydrogen-bond acceptors (Lipinski definition) is 8. The van der Waals surface area contributed by atoms with Crippen molar-refractivity contribution in [3.05, 3.63) is 71.8 Å². The number of hydrogen-bond donors (Lipinski definition) is 1. The summed E-state index contributed by atoms with van der Waals surface area (Å²) in [7, 11) is 6.21. The van der Waals surface area contributed by atoms with Crippen LogP contribution in [0.2, 0.25) is 0 Å². The molecule has 2 heterocycles. The van der Waals surface area contributed by atoms with E-state index in [1.807, 2.05) is 48.5 Å². The number of β-lactam (4-membered cyclic amide) rings is 1. The maximum Gasteiger partial charge on any atom is 0.236 e. The van der Waals surface area contributed by atoms with Gasteiger partial charge in [0.05, 0.1) is 52.2 Å². The second-order valence-electron chi connectivity index (χ2n) is 10.2. The highest BCUT2D eigenvalue weighted by Gasteiger charge is 2.53. The van der Waals surface area contributed by atoms with E-state index in [2.05, 4.69) is 4.90 Å². The Labute approximate surface area is 241 Å². The van der Waals surface area contributed by atoms with Crippen LogP contribution in [0.3, 0.4) is 0 Å². The Morgan fingerprint density at radius 1 is 0.829 bits per heavy atom. The standard InChI is InChI=1S/C32H38N2O7/c1-37-24-11-7-21(8-12-24)29-28(32(36)34(29)23-19-26(38-2)31(40-4)27(20-23)39-3)30(35)22-9-13-25(14-10-22)41-18-17-33-15-5-6-16-33/h7-14,19-20,28-30,35H,5-6,15-18H2,1-4H3/t28-,29+,30?/m1/s1. The van der Waals surface area contributed by atoms with Crippen molar-refractivity contribution in [3.8, 4) is 28.7 Å². The third-order valence-electron chi connectivity index (χ3n) is 7.96.